The van der Waals surface area contributed by atoms with Gasteiger partial charge in [0, 0.05) is 10.1 Å². The lowest BCUT2D eigenvalue weighted by atomic mass is 10.2. The molecule has 2 rings (SSSR count). The van der Waals surface area contributed by atoms with Gasteiger partial charge in [0.2, 0.25) is 5.88 Å². The molecule has 0 unspecified atom stereocenters. The summed E-state index contributed by atoms with van der Waals surface area (Å²) in [5, 5.41) is 3.33. The van der Waals surface area contributed by atoms with Crippen LogP contribution < -0.4 is 10.1 Å². The van der Waals surface area contributed by atoms with E-state index in [1.807, 2.05) is 24.3 Å². The molecule has 0 aliphatic rings. The fourth-order valence-electron chi connectivity index (χ4n) is 1.63. The molecule has 0 spiro atoms. The third kappa shape index (κ3) is 5.05. The maximum absolute atomic E-state index is 5.66. The van der Waals surface area contributed by atoms with Crippen molar-refractivity contribution in [2.24, 2.45) is 5.92 Å². The Balaban J connectivity index is 1.91. The topological polar surface area (TPSA) is 47.0 Å². The van der Waals surface area contributed by atoms with Crippen LogP contribution in [-0.4, -0.2) is 16.5 Å². The lowest BCUT2D eigenvalue weighted by molar-refractivity contribution is 0.458. The number of nitrogens with one attached hydrogen (secondary N) is 1. The van der Waals surface area contributed by atoms with Gasteiger partial charge in [-0.1, -0.05) is 19.9 Å². The number of halogens is 1. The largest absolute Gasteiger partial charge is 0.437 e. The van der Waals surface area contributed by atoms with E-state index in [0.29, 0.717) is 11.8 Å². The Bertz CT molecular complexity index is 543. The lowest BCUT2D eigenvalue weighted by Gasteiger charge is -2.08. The Morgan fingerprint density at radius 2 is 2.10 bits per heavy atom. The van der Waals surface area contributed by atoms with Crippen molar-refractivity contribution in [3.05, 3.63) is 45.9 Å². The number of benzene rings is 1. The van der Waals surface area contributed by atoms with Crippen LogP contribution in [-0.2, 0) is 6.54 Å². The van der Waals surface area contributed by atoms with Crippen molar-refractivity contribution in [3.8, 4) is 11.6 Å². The van der Waals surface area contributed by atoms with Gasteiger partial charge in [-0.3, -0.25) is 4.98 Å². The van der Waals surface area contributed by atoms with Crippen molar-refractivity contribution in [2.75, 3.05) is 6.54 Å². The molecule has 0 aliphatic carbocycles. The minimum atomic E-state index is 0.514. The highest BCUT2D eigenvalue weighted by molar-refractivity contribution is 14.1. The van der Waals surface area contributed by atoms with Crippen LogP contribution >= 0.6 is 22.6 Å². The SMILES string of the molecule is CC(C)CNCc1cnc(Oc2cccc(I)c2)cn1. The van der Waals surface area contributed by atoms with E-state index in [4.69, 9.17) is 4.74 Å². The molecule has 5 heteroatoms. The first-order valence-electron chi connectivity index (χ1n) is 6.58. The quantitative estimate of drug-likeness (QED) is 0.775. The summed E-state index contributed by atoms with van der Waals surface area (Å²) in [6, 6.07) is 7.83. The molecule has 0 saturated carbocycles. The van der Waals surface area contributed by atoms with Crippen LogP contribution in [0.3, 0.4) is 0 Å². The average molecular weight is 383 g/mol. The van der Waals surface area contributed by atoms with E-state index in [1.54, 1.807) is 12.4 Å². The minimum absolute atomic E-state index is 0.514. The minimum Gasteiger partial charge on any atom is -0.437 e. The van der Waals surface area contributed by atoms with Crippen molar-refractivity contribution in [3.63, 3.8) is 0 Å². The van der Waals surface area contributed by atoms with Gasteiger partial charge in [-0.25, -0.2) is 4.98 Å². The second-order valence-electron chi connectivity index (χ2n) is 4.93. The van der Waals surface area contributed by atoms with E-state index < -0.39 is 0 Å². The Morgan fingerprint density at radius 3 is 2.75 bits per heavy atom. The van der Waals surface area contributed by atoms with E-state index >= 15 is 0 Å². The summed E-state index contributed by atoms with van der Waals surface area (Å²) < 4.78 is 6.79. The first kappa shape index (κ1) is 15.2. The third-order valence-electron chi connectivity index (χ3n) is 2.56. The monoisotopic (exact) mass is 383 g/mol. The van der Waals surface area contributed by atoms with Crippen molar-refractivity contribution < 1.29 is 4.74 Å². The Kier molecular flexibility index (Phi) is 5.72. The number of aromatic nitrogens is 2. The molecule has 20 heavy (non-hydrogen) atoms. The Morgan fingerprint density at radius 1 is 1.25 bits per heavy atom. The van der Waals surface area contributed by atoms with Gasteiger partial charge in [0.15, 0.2) is 0 Å². The van der Waals surface area contributed by atoms with Crippen molar-refractivity contribution in [2.45, 2.75) is 20.4 Å². The van der Waals surface area contributed by atoms with E-state index in [9.17, 15) is 0 Å². The lowest BCUT2D eigenvalue weighted by Crippen LogP contribution is -2.19. The highest BCUT2D eigenvalue weighted by atomic mass is 127. The van der Waals surface area contributed by atoms with Gasteiger partial charge in [-0.05, 0) is 53.3 Å². The predicted octanol–water partition coefficient (Wildman–Crippen LogP) is 3.62. The maximum Gasteiger partial charge on any atom is 0.237 e. The standard InChI is InChI=1S/C15H18IN3O/c1-11(2)7-17-8-13-9-19-15(10-18-13)20-14-5-3-4-12(16)6-14/h3-6,9-11,17H,7-8H2,1-2H3. The van der Waals surface area contributed by atoms with Crippen LogP contribution in [0.4, 0.5) is 0 Å². The molecular weight excluding hydrogens is 365 g/mol. The van der Waals surface area contributed by atoms with Crippen molar-refractivity contribution >= 4 is 22.6 Å². The number of nitrogens with zero attached hydrogens (tertiary/aromatic N) is 2. The molecule has 1 aromatic heterocycles. The Hall–Kier alpha value is -1.21. The summed E-state index contributed by atoms with van der Waals surface area (Å²) in [5.74, 6) is 1.92. The third-order valence-corrected chi connectivity index (χ3v) is 3.23. The van der Waals surface area contributed by atoms with Gasteiger partial charge < -0.3 is 10.1 Å². The molecule has 0 fully saturated rings. The molecule has 4 nitrogen and oxygen atoms in total. The molecule has 1 aromatic carbocycles. The first-order chi connectivity index (χ1) is 9.63. The predicted molar refractivity (Wildman–Crippen MR) is 87.8 cm³/mol. The normalized spacial score (nSPS) is 10.8. The summed E-state index contributed by atoms with van der Waals surface area (Å²) in [7, 11) is 0. The van der Waals surface area contributed by atoms with Crippen LogP contribution in [0.25, 0.3) is 0 Å². The maximum atomic E-state index is 5.66. The second-order valence-corrected chi connectivity index (χ2v) is 6.18. The number of rotatable bonds is 6. The van der Waals surface area contributed by atoms with Crippen LogP contribution in [0.5, 0.6) is 11.6 Å². The highest BCUT2D eigenvalue weighted by Gasteiger charge is 2.01. The molecular formula is C15H18IN3O. The van der Waals surface area contributed by atoms with Gasteiger partial charge in [-0.15, -0.1) is 0 Å². The zero-order chi connectivity index (χ0) is 14.4. The average Bonchev–Trinajstić information content (AvgIpc) is 2.40. The van der Waals surface area contributed by atoms with Gasteiger partial charge >= 0.3 is 0 Å². The van der Waals surface area contributed by atoms with E-state index in [0.717, 1.165) is 28.1 Å². The van der Waals surface area contributed by atoms with E-state index in [2.05, 4.69) is 51.7 Å². The first-order valence-corrected chi connectivity index (χ1v) is 7.66. The summed E-state index contributed by atoms with van der Waals surface area (Å²) >= 11 is 2.25. The number of hydrogen-bond acceptors (Lipinski definition) is 4. The number of hydrogen-bond donors (Lipinski definition) is 1. The summed E-state index contributed by atoms with van der Waals surface area (Å²) in [6.07, 6.45) is 3.41. The smallest absolute Gasteiger partial charge is 0.237 e. The van der Waals surface area contributed by atoms with E-state index in [-0.39, 0.29) is 0 Å². The van der Waals surface area contributed by atoms with Crippen LogP contribution in [0, 0.1) is 9.49 Å². The van der Waals surface area contributed by atoms with Gasteiger partial charge in [-0.2, -0.15) is 0 Å². The molecule has 1 heterocycles. The summed E-state index contributed by atoms with van der Waals surface area (Å²) in [6.45, 7) is 6.06. The zero-order valence-electron chi connectivity index (χ0n) is 11.6. The van der Waals surface area contributed by atoms with Crippen molar-refractivity contribution in [1.82, 2.24) is 15.3 Å². The molecule has 2 aromatic rings. The summed E-state index contributed by atoms with van der Waals surface area (Å²) in [5.41, 5.74) is 0.917. The fraction of sp³-hybridized carbons (Fsp3) is 0.333. The molecule has 0 saturated heterocycles. The summed E-state index contributed by atoms with van der Waals surface area (Å²) in [4.78, 5) is 8.62. The van der Waals surface area contributed by atoms with Crippen LogP contribution in [0.15, 0.2) is 36.7 Å². The van der Waals surface area contributed by atoms with Gasteiger partial charge in [0.1, 0.15) is 5.75 Å². The van der Waals surface area contributed by atoms with Crippen LogP contribution in [0.1, 0.15) is 19.5 Å². The Labute approximate surface area is 133 Å². The van der Waals surface area contributed by atoms with Crippen molar-refractivity contribution in [1.29, 1.82) is 0 Å². The molecule has 0 atom stereocenters. The second kappa shape index (κ2) is 7.54. The molecule has 0 radical (unpaired) electrons. The zero-order valence-corrected chi connectivity index (χ0v) is 13.8. The van der Waals surface area contributed by atoms with E-state index in [1.165, 1.54) is 0 Å². The van der Waals surface area contributed by atoms with Gasteiger partial charge in [0.05, 0.1) is 18.1 Å². The van der Waals surface area contributed by atoms with Crippen LogP contribution in [0.2, 0.25) is 0 Å². The molecule has 0 amide bonds. The molecule has 106 valence electrons. The molecule has 0 bridgehead atoms. The van der Waals surface area contributed by atoms with Gasteiger partial charge in [0.25, 0.3) is 0 Å². The molecule has 1 N–H and O–H groups in total. The fourth-order valence-corrected chi connectivity index (χ4v) is 2.14. The number of ether oxygens (including phenoxy) is 1. The highest BCUT2D eigenvalue weighted by Crippen LogP contribution is 2.20. The molecule has 0 aliphatic heterocycles.